The number of halogens is 1. The van der Waals surface area contributed by atoms with E-state index in [0.717, 1.165) is 49.3 Å². The van der Waals surface area contributed by atoms with Gasteiger partial charge in [0.2, 0.25) is 4.77 Å². The van der Waals surface area contributed by atoms with Crippen LogP contribution in [0.25, 0.3) is 5.69 Å². The van der Waals surface area contributed by atoms with Crippen LogP contribution < -0.4 is 14.5 Å². The fourth-order valence-corrected chi connectivity index (χ4v) is 3.96. The molecular formula is C20H23ClN5OS+. The van der Waals surface area contributed by atoms with E-state index in [1.807, 2.05) is 51.7 Å². The highest BCUT2D eigenvalue weighted by Crippen LogP contribution is 2.19. The van der Waals surface area contributed by atoms with Gasteiger partial charge < -0.3 is 14.5 Å². The molecule has 146 valence electrons. The summed E-state index contributed by atoms with van der Waals surface area (Å²) in [6, 6.07) is 15.9. The SMILES string of the molecule is COc1cccc(-n2cnn(C[NH+]3CCN(c4cccc(Cl)c4)CC3)c2=S)c1. The standard InChI is InChI=1S/C20H22ClN5OS/c1-27-19-7-3-6-18(13-19)25-14-22-26(20(25)28)15-23-8-10-24(11-9-23)17-5-2-4-16(21)12-17/h2-7,12-14H,8-11,15H2,1H3/p+1. The first-order valence-electron chi connectivity index (χ1n) is 9.27. The Morgan fingerprint density at radius 1 is 1.11 bits per heavy atom. The molecule has 1 N–H and O–H groups in total. The zero-order valence-electron chi connectivity index (χ0n) is 15.7. The van der Waals surface area contributed by atoms with Gasteiger partial charge in [-0.15, -0.1) is 0 Å². The van der Waals surface area contributed by atoms with Gasteiger partial charge in [0.1, 0.15) is 12.1 Å². The molecular weight excluding hydrogens is 394 g/mol. The molecule has 1 saturated heterocycles. The summed E-state index contributed by atoms with van der Waals surface area (Å²) in [6.45, 7) is 4.79. The zero-order valence-corrected chi connectivity index (χ0v) is 17.3. The van der Waals surface area contributed by atoms with Gasteiger partial charge in [-0.1, -0.05) is 23.7 Å². The lowest BCUT2D eigenvalue weighted by atomic mass is 10.2. The van der Waals surface area contributed by atoms with Gasteiger partial charge >= 0.3 is 0 Å². The first kappa shape index (κ1) is 19.0. The van der Waals surface area contributed by atoms with Gasteiger partial charge in [-0.2, -0.15) is 9.78 Å². The minimum absolute atomic E-state index is 0.693. The van der Waals surface area contributed by atoms with Crippen LogP contribution in [0.3, 0.4) is 0 Å². The highest BCUT2D eigenvalue weighted by Gasteiger charge is 2.21. The Morgan fingerprint density at radius 2 is 1.86 bits per heavy atom. The Balaban J connectivity index is 1.42. The molecule has 0 saturated carbocycles. The zero-order chi connectivity index (χ0) is 19.5. The maximum Gasteiger partial charge on any atom is 0.207 e. The number of hydrogen-bond acceptors (Lipinski definition) is 4. The summed E-state index contributed by atoms with van der Waals surface area (Å²) in [4.78, 5) is 3.84. The maximum absolute atomic E-state index is 6.12. The largest absolute Gasteiger partial charge is 0.497 e. The van der Waals surface area contributed by atoms with Crippen molar-refractivity contribution in [3.8, 4) is 11.4 Å². The third-order valence-corrected chi connectivity index (χ3v) is 5.72. The fourth-order valence-electron chi connectivity index (χ4n) is 3.51. The second-order valence-corrected chi connectivity index (χ2v) is 7.66. The van der Waals surface area contributed by atoms with E-state index in [1.54, 1.807) is 13.4 Å². The quantitative estimate of drug-likeness (QED) is 0.648. The van der Waals surface area contributed by atoms with E-state index in [2.05, 4.69) is 16.1 Å². The normalized spacial score (nSPS) is 15.0. The van der Waals surface area contributed by atoms with Gasteiger partial charge in [0, 0.05) is 16.8 Å². The van der Waals surface area contributed by atoms with Gasteiger partial charge in [0.05, 0.1) is 39.0 Å². The minimum Gasteiger partial charge on any atom is -0.497 e. The summed E-state index contributed by atoms with van der Waals surface area (Å²) in [5.74, 6) is 0.801. The lowest BCUT2D eigenvalue weighted by Crippen LogP contribution is -3.14. The summed E-state index contributed by atoms with van der Waals surface area (Å²) in [6.07, 6.45) is 1.78. The number of nitrogens with one attached hydrogen (secondary N) is 1. The van der Waals surface area contributed by atoms with Gasteiger partial charge in [-0.05, 0) is 42.5 Å². The average molecular weight is 417 g/mol. The number of hydrogen-bond donors (Lipinski definition) is 1. The summed E-state index contributed by atoms with van der Waals surface area (Å²) in [7, 11) is 1.66. The molecule has 0 amide bonds. The van der Waals surface area contributed by atoms with Gasteiger partial charge in [-0.25, -0.2) is 0 Å². The summed E-state index contributed by atoms with van der Waals surface area (Å²) in [5.41, 5.74) is 2.14. The van der Waals surface area contributed by atoms with Crippen LogP contribution in [0.4, 0.5) is 5.69 Å². The predicted molar refractivity (Wildman–Crippen MR) is 113 cm³/mol. The van der Waals surface area contributed by atoms with Crippen LogP contribution in [0.2, 0.25) is 5.02 Å². The molecule has 2 aromatic carbocycles. The number of benzene rings is 2. The Kier molecular flexibility index (Phi) is 5.66. The van der Waals surface area contributed by atoms with Gasteiger partial charge in [0.25, 0.3) is 0 Å². The number of rotatable bonds is 5. The highest BCUT2D eigenvalue weighted by atomic mass is 35.5. The molecule has 0 aliphatic carbocycles. The first-order chi connectivity index (χ1) is 13.6. The second kappa shape index (κ2) is 8.34. The molecule has 4 rings (SSSR count). The lowest BCUT2D eigenvalue weighted by Gasteiger charge is -2.33. The van der Waals surface area contributed by atoms with Crippen LogP contribution in [-0.2, 0) is 6.67 Å². The third kappa shape index (κ3) is 4.06. The lowest BCUT2D eigenvalue weighted by molar-refractivity contribution is -0.924. The molecule has 0 bridgehead atoms. The van der Waals surface area contributed by atoms with Crippen molar-refractivity contribution in [1.29, 1.82) is 0 Å². The second-order valence-electron chi connectivity index (χ2n) is 6.86. The Hall–Kier alpha value is -2.35. The van der Waals surface area contributed by atoms with Crippen LogP contribution >= 0.6 is 23.8 Å². The molecule has 0 spiro atoms. The molecule has 1 aliphatic heterocycles. The maximum atomic E-state index is 6.12. The molecule has 1 fully saturated rings. The number of quaternary nitrogens is 1. The van der Waals surface area contributed by atoms with E-state index in [9.17, 15) is 0 Å². The van der Waals surface area contributed by atoms with Crippen LogP contribution in [0, 0.1) is 4.77 Å². The van der Waals surface area contributed by atoms with Crippen molar-refractivity contribution in [2.45, 2.75) is 6.67 Å². The number of methoxy groups -OCH3 is 1. The Labute approximate surface area is 174 Å². The van der Waals surface area contributed by atoms with E-state index >= 15 is 0 Å². The molecule has 1 aromatic heterocycles. The molecule has 3 aromatic rings. The molecule has 6 nitrogen and oxygen atoms in total. The Bertz CT molecular complexity index is 1010. The fraction of sp³-hybridized carbons (Fsp3) is 0.300. The number of anilines is 1. The topological polar surface area (TPSA) is 39.7 Å². The molecule has 0 atom stereocenters. The van der Waals surface area contributed by atoms with Gasteiger partial charge in [0.15, 0.2) is 6.67 Å². The highest BCUT2D eigenvalue weighted by molar-refractivity contribution is 7.71. The van der Waals surface area contributed by atoms with Crippen LogP contribution in [0.15, 0.2) is 54.9 Å². The van der Waals surface area contributed by atoms with Crippen molar-refractivity contribution >= 4 is 29.5 Å². The van der Waals surface area contributed by atoms with E-state index in [4.69, 9.17) is 28.6 Å². The van der Waals surface area contributed by atoms with Crippen LogP contribution in [0.1, 0.15) is 0 Å². The van der Waals surface area contributed by atoms with Crippen molar-refractivity contribution < 1.29 is 9.64 Å². The monoisotopic (exact) mass is 416 g/mol. The number of ether oxygens (including phenoxy) is 1. The summed E-state index contributed by atoms with van der Waals surface area (Å²) >= 11 is 11.8. The van der Waals surface area contributed by atoms with Crippen molar-refractivity contribution in [3.63, 3.8) is 0 Å². The van der Waals surface area contributed by atoms with Crippen molar-refractivity contribution in [1.82, 2.24) is 14.3 Å². The van der Waals surface area contributed by atoms with E-state index in [-0.39, 0.29) is 0 Å². The van der Waals surface area contributed by atoms with E-state index in [0.29, 0.717) is 4.77 Å². The molecule has 8 heteroatoms. The van der Waals surface area contributed by atoms with Crippen molar-refractivity contribution in [3.05, 3.63) is 64.7 Å². The molecule has 2 heterocycles. The predicted octanol–water partition coefficient (Wildman–Crippen LogP) is 2.43. The minimum atomic E-state index is 0.693. The Morgan fingerprint density at radius 3 is 2.61 bits per heavy atom. The van der Waals surface area contributed by atoms with Crippen LogP contribution in [0.5, 0.6) is 5.75 Å². The number of piperazine rings is 1. The molecule has 0 radical (unpaired) electrons. The molecule has 1 aliphatic rings. The van der Waals surface area contributed by atoms with Crippen molar-refractivity contribution in [2.75, 3.05) is 38.2 Å². The van der Waals surface area contributed by atoms with E-state index < -0.39 is 0 Å². The van der Waals surface area contributed by atoms with Crippen molar-refractivity contribution in [2.24, 2.45) is 0 Å². The molecule has 28 heavy (non-hydrogen) atoms. The number of nitrogens with zero attached hydrogens (tertiary/aromatic N) is 4. The molecule has 0 unspecified atom stereocenters. The van der Waals surface area contributed by atoms with Crippen LogP contribution in [-0.4, -0.2) is 47.6 Å². The smallest absolute Gasteiger partial charge is 0.207 e. The summed E-state index contributed by atoms with van der Waals surface area (Å²) in [5, 5.41) is 5.29. The van der Waals surface area contributed by atoms with E-state index in [1.165, 1.54) is 10.6 Å². The number of aromatic nitrogens is 3. The third-order valence-electron chi connectivity index (χ3n) is 5.08. The average Bonchev–Trinajstić information content (AvgIpc) is 3.09. The first-order valence-corrected chi connectivity index (χ1v) is 10.1. The van der Waals surface area contributed by atoms with Gasteiger partial charge in [-0.3, -0.25) is 4.57 Å². The summed E-state index contributed by atoms with van der Waals surface area (Å²) < 4.78 is 9.82.